The van der Waals surface area contributed by atoms with E-state index in [0.717, 1.165) is 0 Å². The number of likely N-dealkylation sites (N-methyl/N-ethyl adjacent to an activating group) is 1. The quantitative estimate of drug-likeness (QED) is 0.771. The Hall–Kier alpha value is -1.55. The van der Waals surface area contributed by atoms with Gasteiger partial charge in [0, 0.05) is 30.7 Å². The van der Waals surface area contributed by atoms with Gasteiger partial charge in [-0.1, -0.05) is 23.7 Å². The maximum absolute atomic E-state index is 11.9. The molecule has 1 heterocycles. The highest BCUT2D eigenvalue weighted by Gasteiger charge is 2.27. The van der Waals surface area contributed by atoms with Crippen LogP contribution in [0.3, 0.4) is 0 Å². The molecule has 0 aliphatic carbocycles. The van der Waals surface area contributed by atoms with E-state index in [-0.39, 0.29) is 18.4 Å². The largest absolute Gasteiger partial charge is 0.326 e. The van der Waals surface area contributed by atoms with E-state index < -0.39 is 0 Å². The minimum atomic E-state index is -0.0969. The molecule has 17 heavy (non-hydrogen) atoms. The van der Waals surface area contributed by atoms with Crippen LogP contribution < -0.4 is 0 Å². The molecule has 0 atom stereocenters. The summed E-state index contributed by atoms with van der Waals surface area (Å²) in [5.74, 6) is -0.0869. The predicted molar refractivity (Wildman–Crippen MR) is 65.4 cm³/mol. The number of nitrogens with zero attached hydrogens (tertiary/aromatic N) is 2. The Morgan fingerprint density at radius 1 is 1.41 bits per heavy atom. The predicted octanol–water partition coefficient (Wildman–Crippen LogP) is 1.89. The zero-order valence-corrected chi connectivity index (χ0v) is 10.3. The minimum Gasteiger partial charge on any atom is -0.326 e. The van der Waals surface area contributed by atoms with Crippen LogP contribution in [0.25, 0.3) is 0 Å². The van der Waals surface area contributed by atoms with E-state index in [9.17, 15) is 9.59 Å². The number of benzene rings is 1. The monoisotopic (exact) mass is 252 g/mol. The highest BCUT2D eigenvalue weighted by molar-refractivity contribution is 6.31. The molecule has 0 unspecified atom stereocenters. The van der Waals surface area contributed by atoms with Crippen LogP contribution in [0, 0.1) is 0 Å². The first-order valence-corrected chi connectivity index (χ1v) is 5.74. The van der Waals surface area contributed by atoms with Gasteiger partial charge < -0.3 is 9.80 Å². The van der Waals surface area contributed by atoms with Crippen molar-refractivity contribution >= 4 is 23.4 Å². The second-order valence-corrected chi connectivity index (χ2v) is 4.50. The van der Waals surface area contributed by atoms with Gasteiger partial charge in [-0.2, -0.15) is 0 Å². The van der Waals surface area contributed by atoms with Gasteiger partial charge in [0.2, 0.25) is 0 Å². The van der Waals surface area contributed by atoms with Crippen molar-refractivity contribution in [2.24, 2.45) is 0 Å². The lowest BCUT2D eigenvalue weighted by Crippen LogP contribution is -2.33. The van der Waals surface area contributed by atoms with E-state index in [4.69, 9.17) is 11.6 Å². The van der Waals surface area contributed by atoms with Crippen molar-refractivity contribution in [3.8, 4) is 0 Å². The first kappa shape index (κ1) is 11.9. The second kappa shape index (κ2) is 4.75. The van der Waals surface area contributed by atoms with E-state index in [2.05, 4.69) is 0 Å². The van der Waals surface area contributed by atoms with Gasteiger partial charge in [0.25, 0.3) is 0 Å². The number of urea groups is 1. The fourth-order valence-electron chi connectivity index (χ4n) is 1.78. The Morgan fingerprint density at radius 2 is 2.18 bits per heavy atom. The number of amides is 2. The first-order chi connectivity index (χ1) is 8.08. The standard InChI is InChI=1S/C12H13ClN2O2/c1-14-5-6-15(12(14)17)8-11(16)9-3-2-4-10(13)7-9/h2-4,7H,5-6,8H2,1H3. The van der Waals surface area contributed by atoms with Gasteiger partial charge in [0.05, 0.1) is 6.54 Å². The lowest BCUT2D eigenvalue weighted by molar-refractivity contribution is 0.0952. The Bertz CT molecular complexity index is 462. The van der Waals surface area contributed by atoms with E-state index in [0.29, 0.717) is 23.7 Å². The molecule has 1 aromatic rings. The molecule has 5 heteroatoms. The molecule has 0 saturated carbocycles. The summed E-state index contributed by atoms with van der Waals surface area (Å²) >= 11 is 5.82. The van der Waals surface area contributed by atoms with E-state index >= 15 is 0 Å². The first-order valence-electron chi connectivity index (χ1n) is 5.37. The van der Waals surface area contributed by atoms with Crippen LogP contribution >= 0.6 is 11.6 Å². The lowest BCUT2D eigenvalue weighted by Gasteiger charge is -2.14. The molecule has 2 rings (SSSR count). The molecule has 1 aliphatic rings. The highest BCUT2D eigenvalue weighted by Crippen LogP contribution is 2.13. The van der Waals surface area contributed by atoms with Crippen LogP contribution in [0.1, 0.15) is 10.4 Å². The fraction of sp³-hybridized carbons (Fsp3) is 0.333. The van der Waals surface area contributed by atoms with Crippen molar-refractivity contribution in [1.82, 2.24) is 9.80 Å². The molecule has 1 aliphatic heterocycles. The normalized spacial score (nSPS) is 15.5. The number of halogens is 1. The molecule has 4 nitrogen and oxygen atoms in total. The minimum absolute atomic E-state index is 0.0869. The summed E-state index contributed by atoms with van der Waals surface area (Å²) in [4.78, 5) is 26.7. The summed E-state index contributed by atoms with van der Waals surface area (Å²) in [6.45, 7) is 1.38. The van der Waals surface area contributed by atoms with Gasteiger partial charge in [-0.3, -0.25) is 4.79 Å². The van der Waals surface area contributed by atoms with Crippen LogP contribution in [0.2, 0.25) is 5.02 Å². The van der Waals surface area contributed by atoms with Gasteiger partial charge in [-0.15, -0.1) is 0 Å². The van der Waals surface area contributed by atoms with Gasteiger partial charge in [0.15, 0.2) is 5.78 Å². The Labute approximate surface area is 105 Å². The van der Waals surface area contributed by atoms with Gasteiger partial charge in [-0.25, -0.2) is 4.79 Å². The van der Waals surface area contributed by atoms with Crippen LogP contribution in [-0.4, -0.2) is 48.3 Å². The summed E-state index contributed by atoms with van der Waals surface area (Å²) < 4.78 is 0. The van der Waals surface area contributed by atoms with Gasteiger partial charge >= 0.3 is 6.03 Å². The van der Waals surface area contributed by atoms with Crippen molar-refractivity contribution in [2.75, 3.05) is 26.7 Å². The number of ketones is 1. The molecule has 1 aromatic carbocycles. The SMILES string of the molecule is CN1CCN(CC(=O)c2cccc(Cl)c2)C1=O. The summed E-state index contributed by atoms with van der Waals surface area (Å²) in [6.07, 6.45) is 0. The Balaban J connectivity index is 2.05. The number of carbonyl (C=O) groups is 2. The molecular weight excluding hydrogens is 240 g/mol. The maximum Gasteiger partial charge on any atom is 0.320 e. The number of hydrogen-bond donors (Lipinski definition) is 0. The van der Waals surface area contributed by atoms with E-state index in [1.807, 2.05) is 0 Å². The van der Waals surface area contributed by atoms with Gasteiger partial charge in [-0.05, 0) is 12.1 Å². The Kier molecular flexibility index (Phi) is 3.33. The molecule has 0 aromatic heterocycles. The van der Waals surface area contributed by atoms with Crippen LogP contribution in [0.4, 0.5) is 4.79 Å². The van der Waals surface area contributed by atoms with Crippen LogP contribution in [0.5, 0.6) is 0 Å². The Morgan fingerprint density at radius 3 is 2.76 bits per heavy atom. The molecule has 2 amide bonds. The average molecular weight is 253 g/mol. The average Bonchev–Trinajstić information content (AvgIpc) is 2.61. The smallest absolute Gasteiger partial charge is 0.320 e. The second-order valence-electron chi connectivity index (χ2n) is 4.06. The molecule has 1 fully saturated rings. The van der Waals surface area contributed by atoms with Crippen molar-refractivity contribution in [1.29, 1.82) is 0 Å². The molecule has 0 spiro atoms. The molecule has 90 valence electrons. The maximum atomic E-state index is 11.9. The summed E-state index contributed by atoms with van der Waals surface area (Å²) in [5, 5.41) is 0.528. The molecule has 0 bridgehead atoms. The number of rotatable bonds is 3. The lowest BCUT2D eigenvalue weighted by atomic mass is 10.1. The van der Waals surface area contributed by atoms with Crippen molar-refractivity contribution in [3.05, 3.63) is 34.9 Å². The number of Topliss-reactive ketones (excluding diaryl/α,β-unsaturated/α-hetero) is 1. The fourth-order valence-corrected chi connectivity index (χ4v) is 1.97. The number of carbonyl (C=O) groups excluding carboxylic acids is 2. The molecule has 1 saturated heterocycles. The zero-order valence-electron chi connectivity index (χ0n) is 9.52. The molecular formula is C12H13ClN2O2. The van der Waals surface area contributed by atoms with Crippen LogP contribution in [0.15, 0.2) is 24.3 Å². The summed E-state index contributed by atoms with van der Waals surface area (Å²) in [6, 6.07) is 6.67. The topological polar surface area (TPSA) is 40.6 Å². The summed E-state index contributed by atoms with van der Waals surface area (Å²) in [5.41, 5.74) is 0.542. The van der Waals surface area contributed by atoms with E-state index in [1.165, 1.54) is 0 Å². The van der Waals surface area contributed by atoms with Crippen molar-refractivity contribution in [2.45, 2.75) is 0 Å². The zero-order chi connectivity index (χ0) is 12.4. The number of hydrogen-bond acceptors (Lipinski definition) is 2. The van der Waals surface area contributed by atoms with Crippen molar-refractivity contribution in [3.63, 3.8) is 0 Å². The third-order valence-electron chi connectivity index (χ3n) is 2.78. The third kappa shape index (κ3) is 2.58. The van der Waals surface area contributed by atoms with E-state index in [1.54, 1.807) is 41.1 Å². The summed E-state index contributed by atoms with van der Waals surface area (Å²) in [7, 11) is 1.73. The van der Waals surface area contributed by atoms with Crippen LogP contribution in [-0.2, 0) is 0 Å². The van der Waals surface area contributed by atoms with Gasteiger partial charge in [0.1, 0.15) is 0 Å². The highest BCUT2D eigenvalue weighted by atomic mass is 35.5. The molecule has 0 N–H and O–H groups in total. The van der Waals surface area contributed by atoms with Crippen molar-refractivity contribution < 1.29 is 9.59 Å². The third-order valence-corrected chi connectivity index (χ3v) is 3.02. The molecule has 0 radical (unpaired) electrons.